The van der Waals surface area contributed by atoms with Gasteiger partial charge in [0, 0.05) is 37.8 Å². The number of methoxy groups -OCH3 is 1. The molecule has 0 bridgehead atoms. The molecule has 2 aromatic rings. The largest absolute Gasteiger partial charge is 0.465 e. The van der Waals surface area contributed by atoms with Crippen LogP contribution in [0.3, 0.4) is 0 Å². The average Bonchev–Trinajstić information content (AvgIpc) is 3.08. The number of furan rings is 1. The molecule has 0 N–H and O–H groups in total. The quantitative estimate of drug-likeness (QED) is 0.358. The van der Waals surface area contributed by atoms with Crippen molar-refractivity contribution in [2.75, 3.05) is 33.3 Å². The summed E-state index contributed by atoms with van der Waals surface area (Å²) >= 11 is 0. The number of hydrogen-bond acceptors (Lipinski definition) is 8. The van der Waals surface area contributed by atoms with Gasteiger partial charge in [-0.1, -0.05) is 0 Å². The lowest BCUT2D eigenvalue weighted by Crippen LogP contribution is -2.50. The minimum absolute atomic E-state index is 0.0360. The van der Waals surface area contributed by atoms with E-state index in [1.54, 1.807) is 0 Å². The van der Waals surface area contributed by atoms with Crippen LogP contribution in [-0.2, 0) is 14.8 Å². The molecule has 0 saturated carbocycles. The molecule has 1 fully saturated rings. The molecule has 3 rings (SSSR count). The van der Waals surface area contributed by atoms with Crippen molar-refractivity contribution in [3.05, 3.63) is 56.3 Å². The highest BCUT2D eigenvalue weighted by atomic mass is 32.2. The van der Waals surface area contributed by atoms with Crippen molar-refractivity contribution in [1.82, 2.24) is 9.21 Å². The zero-order valence-electron chi connectivity index (χ0n) is 18.4. The summed E-state index contributed by atoms with van der Waals surface area (Å²) in [6.07, 6.45) is 0. The van der Waals surface area contributed by atoms with Crippen molar-refractivity contribution in [3.63, 3.8) is 0 Å². The van der Waals surface area contributed by atoms with Crippen molar-refractivity contribution in [2.45, 2.75) is 25.7 Å². The number of benzene rings is 1. The highest BCUT2D eigenvalue weighted by Gasteiger charge is 2.38. The second kappa shape index (κ2) is 8.90. The Morgan fingerprint density at radius 3 is 2.27 bits per heavy atom. The first kappa shape index (κ1) is 24.3. The van der Waals surface area contributed by atoms with Crippen LogP contribution in [-0.4, -0.2) is 67.7 Å². The number of halogens is 1. The van der Waals surface area contributed by atoms with Crippen molar-refractivity contribution < 1.29 is 36.5 Å². The zero-order valence-corrected chi connectivity index (χ0v) is 19.2. The third kappa shape index (κ3) is 4.33. The Balaban J connectivity index is 1.83. The molecule has 13 heteroatoms. The van der Waals surface area contributed by atoms with E-state index in [2.05, 4.69) is 4.74 Å². The Morgan fingerprint density at radius 1 is 1.12 bits per heavy atom. The summed E-state index contributed by atoms with van der Waals surface area (Å²) in [4.78, 5) is 36.3. The van der Waals surface area contributed by atoms with Gasteiger partial charge in [-0.15, -0.1) is 0 Å². The first-order valence-electron chi connectivity index (χ1n) is 9.82. The number of ether oxygens (including phenoxy) is 1. The summed E-state index contributed by atoms with van der Waals surface area (Å²) in [5.74, 6) is -2.24. The van der Waals surface area contributed by atoms with E-state index in [4.69, 9.17) is 4.42 Å². The second-order valence-corrected chi connectivity index (χ2v) is 9.34. The van der Waals surface area contributed by atoms with Gasteiger partial charge in [-0.2, -0.15) is 4.31 Å². The Hall–Kier alpha value is -3.32. The van der Waals surface area contributed by atoms with Crippen LogP contribution in [0.2, 0.25) is 0 Å². The average molecular weight is 483 g/mol. The highest BCUT2D eigenvalue weighted by Crippen LogP contribution is 2.31. The maximum absolute atomic E-state index is 14.1. The van der Waals surface area contributed by atoms with Crippen molar-refractivity contribution in [3.8, 4) is 0 Å². The van der Waals surface area contributed by atoms with Crippen LogP contribution in [0.15, 0.2) is 21.4 Å². The number of nitrogens with zero attached hydrogens (tertiary/aromatic N) is 3. The van der Waals surface area contributed by atoms with Crippen LogP contribution in [0, 0.1) is 36.7 Å². The van der Waals surface area contributed by atoms with E-state index in [1.165, 1.54) is 25.7 Å². The molecule has 1 saturated heterocycles. The third-order valence-electron chi connectivity index (χ3n) is 5.48. The molecule has 0 spiro atoms. The Kier molecular flexibility index (Phi) is 6.56. The van der Waals surface area contributed by atoms with Gasteiger partial charge in [0.15, 0.2) is 0 Å². The van der Waals surface area contributed by atoms with Crippen LogP contribution in [0.25, 0.3) is 0 Å². The lowest BCUT2D eigenvalue weighted by molar-refractivity contribution is -0.385. The number of piperazine rings is 1. The van der Waals surface area contributed by atoms with Crippen LogP contribution in [0.5, 0.6) is 0 Å². The fourth-order valence-corrected chi connectivity index (χ4v) is 5.52. The lowest BCUT2D eigenvalue weighted by atomic mass is 10.1. The van der Waals surface area contributed by atoms with Crippen LogP contribution in [0.4, 0.5) is 10.1 Å². The summed E-state index contributed by atoms with van der Waals surface area (Å²) in [6, 6.07) is 1.93. The molecule has 0 radical (unpaired) electrons. The smallest absolute Gasteiger partial charge is 0.342 e. The van der Waals surface area contributed by atoms with Gasteiger partial charge < -0.3 is 14.1 Å². The number of hydrogen-bond donors (Lipinski definition) is 0. The van der Waals surface area contributed by atoms with Gasteiger partial charge in [0.25, 0.3) is 11.6 Å². The number of carbonyl (C=O) groups excluding carboxylic acids is 2. The SMILES string of the molecule is COC(=O)c1c(C)oc(C)c1S(=O)(=O)N1CCN(C(=O)c2cc(F)c(C)c([N+](=O)[O-])c2)CC1. The van der Waals surface area contributed by atoms with Crippen molar-refractivity contribution in [1.29, 1.82) is 0 Å². The van der Waals surface area contributed by atoms with E-state index in [-0.39, 0.29) is 59.3 Å². The number of aryl methyl sites for hydroxylation is 2. The van der Waals surface area contributed by atoms with Gasteiger partial charge in [0.2, 0.25) is 10.0 Å². The fourth-order valence-electron chi connectivity index (χ4n) is 3.73. The number of carbonyl (C=O) groups is 2. The molecule has 1 aliphatic rings. The third-order valence-corrected chi connectivity index (χ3v) is 7.53. The second-order valence-electron chi connectivity index (χ2n) is 7.47. The van der Waals surface area contributed by atoms with Gasteiger partial charge in [-0.05, 0) is 26.8 Å². The highest BCUT2D eigenvalue weighted by molar-refractivity contribution is 7.89. The molecule has 1 amide bonds. The molecule has 11 nitrogen and oxygen atoms in total. The van der Waals surface area contributed by atoms with Crippen molar-refractivity contribution in [2.24, 2.45) is 0 Å². The maximum Gasteiger partial charge on any atom is 0.342 e. The Bertz CT molecular complexity index is 1250. The molecular weight excluding hydrogens is 461 g/mol. The molecule has 0 atom stereocenters. The van der Waals surface area contributed by atoms with Gasteiger partial charge in [0.1, 0.15) is 27.8 Å². The van der Waals surface area contributed by atoms with Crippen LogP contribution >= 0.6 is 0 Å². The molecule has 33 heavy (non-hydrogen) atoms. The van der Waals surface area contributed by atoms with Gasteiger partial charge in [-0.25, -0.2) is 17.6 Å². The standard InChI is InChI=1S/C20H22FN3O8S/c1-11-15(21)9-14(10-16(11)24(27)28)19(25)22-5-7-23(8-6-22)33(29,30)18-13(3)32-12(2)17(18)20(26)31-4/h9-10H,5-8H2,1-4H3. The normalized spacial score (nSPS) is 14.9. The number of nitro groups is 1. The van der Waals surface area contributed by atoms with Crippen molar-refractivity contribution >= 4 is 27.6 Å². The van der Waals surface area contributed by atoms with E-state index in [9.17, 15) is 32.5 Å². The first-order valence-corrected chi connectivity index (χ1v) is 11.3. The van der Waals surface area contributed by atoms with Gasteiger partial charge in [-0.3, -0.25) is 14.9 Å². The molecule has 1 aromatic carbocycles. The van der Waals surface area contributed by atoms with E-state index in [0.717, 1.165) is 23.5 Å². The van der Waals surface area contributed by atoms with E-state index >= 15 is 0 Å². The van der Waals surface area contributed by atoms with Crippen LogP contribution < -0.4 is 0 Å². The van der Waals surface area contributed by atoms with Gasteiger partial charge >= 0.3 is 5.97 Å². The monoisotopic (exact) mass is 483 g/mol. The Morgan fingerprint density at radius 2 is 1.73 bits per heavy atom. The van der Waals surface area contributed by atoms with E-state index < -0.39 is 38.3 Å². The summed E-state index contributed by atoms with van der Waals surface area (Å²) in [5.41, 5.74) is -1.08. The van der Waals surface area contributed by atoms with Gasteiger partial charge in [0.05, 0.1) is 17.6 Å². The summed E-state index contributed by atoms with van der Waals surface area (Å²) in [7, 11) is -3.02. The topological polar surface area (TPSA) is 140 Å². The molecule has 2 heterocycles. The number of esters is 1. The lowest BCUT2D eigenvalue weighted by Gasteiger charge is -2.34. The first-order chi connectivity index (χ1) is 15.4. The summed E-state index contributed by atoms with van der Waals surface area (Å²) in [5, 5.41) is 11.1. The Labute approximate surface area is 188 Å². The predicted octanol–water partition coefficient (Wildman–Crippen LogP) is 2.19. The van der Waals surface area contributed by atoms with Crippen LogP contribution in [0.1, 0.15) is 37.8 Å². The fraction of sp³-hybridized carbons (Fsp3) is 0.400. The van der Waals surface area contributed by atoms with E-state index in [0.29, 0.717) is 0 Å². The molecule has 1 aromatic heterocycles. The molecule has 0 aliphatic carbocycles. The summed E-state index contributed by atoms with van der Waals surface area (Å²) in [6.45, 7) is 3.84. The predicted molar refractivity (Wildman–Crippen MR) is 112 cm³/mol. The maximum atomic E-state index is 14.1. The molecule has 0 unspecified atom stereocenters. The minimum atomic E-state index is -4.15. The summed E-state index contributed by atoms with van der Waals surface area (Å²) < 4.78 is 51.7. The molecular formula is C20H22FN3O8S. The minimum Gasteiger partial charge on any atom is -0.465 e. The molecule has 178 valence electrons. The number of amides is 1. The zero-order chi connectivity index (χ0) is 24.7. The van der Waals surface area contributed by atoms with E-state index in [1.807, 2.05) is 0 Å². The number of sulfonamides is 1. The number of nitro benzene ring substituents is 1. The molecule has 1 aliphatic heterocycles. The number of rotatable bonds is 5.